The molecule has 7 nitrogen and oxygen atoms in total. The molecule has 1 fully saturated rings. The average Bonchev–Trinajstić information content (AvgIpc) is 3.10. The van der Waals surface area contributed by atoms with Crippen molar-refractivity contribution in [3.8, 4) is 5.69 Å². The van der Waals surface area contributed by atoms with Crippen LogP contribution in [0, 0.1) is 6.92 Å². The third kappa shape index (κ3) is 3.19. The lowest BCUT2D eigenvalue weighted by molar-refractivity contribution is 0.602. The highest BCUT2D eigenvalue weighted by Gasteiger charge is 2.28. The third-order valence-electron chi connectivity index (χ3n) is 4.17. The Kier molecular flexibility index (Phi) is 3.88. The number of hydrogen-bond donors (Lipinski definition) is 1. The number of aryl methyl sites for hydroxylation is 1. The van der Waals surface area contributed by atoms with E-state index in [9.17, 15) is 8.42 Å². The van der Waals surface area contributed by atoms with Gasteiger partial charge in [-0.25, -0.2) is 23.1 Å². The van der Waals surface area contributed by atoms with Crippen molar-refractivity contribution in [1.82, 2.24) is 19.7 Å². The third-order valence-corrected chi connectivity index (χ3v) is 6.17. The van der Waals surface area contributed by atoms with Crippen molar-refractivity contribution in [2.24, 2.45) is 0 Å². The first-order valence-corrected chi connectivity index (χ1v) is 10.1. The van der Waals surface area contributed by atoms with Crippen LogP contribution < -0.4 is 5.32 Å². The number of hydrogen-bond acceptors (Lipinski definition) is 6. The summed E-state index contributed by atoms with van der Waals surface area (Å²) in [4.78, 5) is 8.93. The molecule has 4 rings (SSSR count). The van der Waals surface area contributed by atoms with Crippen LogP contribution >= 0.6 is 11.6 Å². The monoisotopic (exact) mass is 377 g/mol. The minimum atomic E-state index is -2.96. The van der Waals surface area contributed by atoms with Gasteiger partial charge in [0, 0.05) is 11.1 Å². The Labute approximate surface area is 150 Å². The molecule has 2 aromatic heterocycles. The summed E-state index contributed by atoms with van der Waals surface area (Å²) >= 11 is 6.07. The molecule has 0 spiro atoms. The first-order chi connectivity index (χ1) is 11.9. The summed E-state index contributed by atoms with van der Waals surface area (Å²) in [6.45, 7) is 1.80. The Morgan fingerprint density at radius 2 is 2.16 bits per heavy atom. The van der Waals surface area contributed by atoms with Gasteiger partial charge < -0.3 is 5.32 Å². The molecule has 1 aromatic carbocycles. The number of sulfone groups is 1. The van der Waals surface area contributed by atoms with Crippen LogP contribution in [0.4, 0.5) is 5.82 Å². The van der Waals surface area contributed by atoms with E-state index in [1.54, 1.807) is 23.9 Å². The molecule has 25 heavy (non-hydrogen) atoms. The standard InChI is InChI=1S/C16H16ClN5O2S/c1-10-19-15(21-12-5-6-25(23,24)9-12)14-8-18-22(16(14)20-10)13-4-2-3-11(17)7-13/h2-4,7-8,12H,5-6,9H2,1H3,(H,19,20,21). The van der Waals surface area contributed by atoms with Gasteiger partial charge in [-0.1, -0.05) is 17.7 Å². The second-order valence-electron chi connectivity index (χ2n) is 6.14. The minimum absolute atomic E-state index is 0.125. The van der Waals surface area contributed by atoms with Crippen molar-refractivity contribution in [1.29, 1.82) is 0 Å². The number of rotatable bonds is 3. The van der Waals surface area contributed by atoms with Gasteiger partial charge in [0.05, 0.1) is 28.8 Å². The van der Waals surface area contributed by atoms with Gasteiger partial charge in [0.2, 0.25) is 0 Å². The van der Waals surface area contributed by atoms with Gasteiger partial charge in [-0.05, 0) is 31.5 Å². The number of nitrogens with zero attached hydrogens (tertiary/aromatic N) is 4. The summed E-state index contributed by atoms with van der Waals surface area (Å²) < 4.78 is 25.1. The molecule has 1 aliphatic rings. The maximum atomic E-state index is 11.7. The lowest BCUT2D eigenvalue weighted by Crippen LogP contribution is -2.21. The number of fused-ring (bicyclic) bond motifs is 1. The van der Waals surface area contributed by atoms with Crippen LogP contribution in [0.3, 0.4) is 0 Å². The lowest BCUT2D eigenvalue weighted by Gasteiger charge is -2.13. The Hall–Kier alpha value is -2.19. The fraction of sp³-hybridized carbons (Fsp3) is 0.312. The van der Waals surface area contributed by atoms with E-state index in [0.29, 0.717) is 28.7 Å². The molecule has 0 bridgehead atoms. The van der Waals surface area contributed by atoms with E-state index in [1.165, 1.54) is 0 Å². The zero-order valence-electron chi connectivity index (χ0n) is 13.5. The van der Waals surface area contributed by atoms with Crippen LogP contribution in [-0.4, -0.2) is 45.7 Å². The average molecular weight is 378 g/mol. The molecule has 1 N–H and O–H groups in total. The van der Waals surface area contributed by atoms with Crippen LogP contribution in [0.5, 0.6) is 0 Å². The molecule has 1 saturated heterocycles. The maximum Gasteiger partial charge on any atom is 0.168 e. The van der Waals surface area contributed by atoms with Crippen LogP contribution in [0.15, 0.2) is 30.5 Å². The van der Waals surface area contributed by atoms with Gasteiger partial charge >= 0.3 is 0 Å². The highest BCUT2D eigenvalue weighted by molar-refractivity contribution is 7.91. The normalized spacial score (nSPS) is 19.4. The summed E-state index contributed by atoms with van der Waals surface area (Å²) in [5.41, 5.74) is 1.45. The number of halogens is 1. The van der Waals surface area contributed by atoms with E-state index >= 15 is 0 Å². The smallest absolute Gasteiger partial charge is 0.168 e. The SMILES string of the molecule is Cc1nc(NC2CCS(=O)(=O)C2)c2cnn(-c3cccc(Cl)c3)c2n1. The molecule has 3 heterocycles. The Bertz CT molecular complexity index is 1060. The predicted molar refractivity (Wildman–Crippen MR) is 97.1 cm³/mol. The molecule has 9 heteroatoms. The zero-order valence-corrected chi connectivity index (χ0v) is 15.0. The van der Waals surface area contributed by atoms with Gasteiger partial charge in [-0.3, -0.25) is 0 Å². The predicted octanol–water partition coefficient (Wildman–Crippen LogP) is 2.38. The molecule has 0 amide bonds. The number of nitrogens with one attached hydrogen (secondary N) is 1. The maximum absolute atomic E-state index is 11.7. The molecule has 3 aromatic rings. The van der Waals surface area contributed by atoms with Gasteiger partial charge in [0.25, 0.3) is 0 Å². The van der Waals surface area contributed by atoms with Gasteiger partial charge in [0.15, 0.2) is 15.5 Å². The Morgan fingerprint density at radius 1 is 1.32 bits per heavy atom. The number of anilines is 1. The van der Waals surface area contributed by atoms with Crippen LogP contribution in [0.1, 0.15) is 12.2 Å². The van der Waals surface area contributed by atoms with Crippen molar-refractivity contribution in [3.63, 3.8) is 0 Å². The van der Waals surface area contributed by atoms with E-state index in [-0.39, 0.29) is 17.5 Å². The summed E-state index contributed by atoms with van der Waals surface area (Å²) in [5, 5.41) is 9.01. The summed E-state index contributed by atoms with van der Waals surface area (Å²) in [5.74, 6) is 1.53. The molecular weight excluding hydrogens is 362 g/mol. The second kappa shape index (κ2) is 5.96. The van der Waals surface area contributed by atoms with Crippen molar-refractivity contribution >= 4 is 38.3 Å². The van der Waals surface area contributed by atoms with Crippen molar-refractivity contribution in [2.75, 3.05) is 16.8 Å². The van der Waals surface area contributed by atoms with Crippen molar-refractivity contribution < 1.29 is 8.42 Å². The van der Waals surface area contributed by atoms with Crippen molar-refractivity contribution in [2.45, 2.75) is 19.4 Å². The summed E-state index contributed by atoms with van der Waals surface area (Å²) in [7, 11) is -2.96. The van der Waals surface area contributed by atoms with E-state index in [0.717, 1.165) is 11.1 Å². The van der Waals surface area contributed by atoms with Crippen LogP contribution in [0.2, 0.25) is 5.02 Å². The molecular formula is C16H16ClN5O2S. The van der Waals surface area contributed by atoms with Gasteiger partial charge in [0.1, 0.15) is 11.6 Å². The second-order valence-corrected chi connectivity index (χ2v) is 8.80. The van der Waals surface area contributed by atoms with Gasteiger partial charge in [-0.15, -0.1) is 0 Å². The van der Waals surface area contributed by atoms with Crippen LogP contribution in [-0.2, 0) is 9.84 Å². The summed E-state index contributed by atoms with van der Waals surface area (Å²) in [6, 6.07) is 7.21. The molecule has 1 atom stereocenters. The highest BCUT2D eigenvalue weighted by atomic mass is 35.5. The fourth-order valence-corrected chi connectivity index (χ4v) is 4.88. The fourth-order valence-electron chi connectivity index (χ4n) is 3.03. The summed E-state index contributed by atoms with van der Waals surface area (Å²) in [6.07, 6.45) is 2.26. The van der Waals surface area contributed by atoms with Gasteiger partial charge in [-0.2, -0.15) is 5.10 Å². The van der Waals surface area contributed by atoms with E-state index in [2.05, 4.69) is 20.4 Å². The number of aromatic nitrogens is 4. The van der Waals surface area contributed by atoms with E-state index < -0.39 is 9.84 Å². The Morgan fingerprint density at radius 3 is 2.88 bits per heavy atom. The first kappa shape index (κ1) is 16.3. The van der Waals surface area contributed by atoms with E-state index in [1.807, 2.05) is 18.2 Å². The quantitative estimate of drug-likeness (QED) is 0.753. The zero-order chi connectivity index (χ0) is 17.6. The number of benzene rings is 1. The minimum Gasteiger partial charge on any atom is -0.366 e. The molecule has 0 radical (unpaired) electrons. The molecule has 130 valence electrons. The van der Waals surface area contributed by atoms with Crippen LogP contribution in [0.25, 0.3) is 16.7 Å². The molecule has 1 unspecified atom stereocenters. The first-order valence-electron chi connectivity index (χ1n) is 7.86. The molecule has 1 aliphatic heterocycles. The van der Waals surface area contributed by atoms with Crippen molar-refractivity contribution in [3.05, 3.63) is 41.3 Å². The van der Waals surface area contributed by atoms with E-state index in [4.69, 9.17) is 11.6 Å². The Balaban J connectivity index is 1.77. The lowest BCUT2D eigenvalue weighted by atomic mass is 10.2. The highest BCUT2D eigenvalue weighted by Crippen LogP contribution is 2.26. The largest absolute Gasteiger partial charge is 0.366 e. The molecule has 0 aliphatic carbocycles. The topological polar surface area (TPSA) is 89.8 Å². The molecule has 0 saturated carbocycles.